The molecular weight excluding hydrogens is 488 g/mol. The van der Waals surface area contributed by atoms with Crippen molar-refractivity contribution >= 4 is 16.0 Å². The molecule has 0 amide bonds. The third kappa shape index (κ3) is 6.97. The van der Waals surface area contributed by atoms with E-state index >= 15 is 0 Å². The molecule has 0 unspecified atom stereocenters. The van der Waals surface area contributed by atoms with Crippen LogP contribution in [0.25, 0.3) is 11.1 Å². The third-order valence-electron chi connectivity index (χ3n) is 7.01. The SMILES string of the molecule is COC(=O)[C@H](NS(=O)(=O)c1ccc(-c2ccc(OC)cc2)cc1)C1CCC(NCc2ccccc2)CC1. The standard InChI is InChI=1S/C29H34N2O5S/c1-35-26-16-10-22(11-17-26)23-12-18-27(19-13-23)37(33,34)31-28(29(32)36-2)24-8-14-25(15-9-24)30-20-21-6-4-3-5-7-21/h3-7,10-13,16-19,24-25,28,30-31H,8-9,14-15,20H2,1-2H3/t24?,25?,28-/m1/s1. The van der Waals surface area contributed by atoms with E-state index in [1.165, 1.54) is 12.7 Å². The summed E-state index contributed by atoms with van der Waals surface area (Å²) >= 11 is 0. The summed E-state index contributed by atoms with van der Waals surface area (Å²) in [5.41, 5.74) is 3.05. The van der Waals surface area contributed by atoms with Crippen LogP contribution in [-0.4, -0.2) is 40.7 Å². The number of esters is 1. The fourth-order valence-corrected chi connectivity index (χ4v) is 6.08. The maximum absolute atomic E-state index is 13.2. The molecule has 196 valence electrons. The van der Waals surface area contributed by atoms with Gasteiger partial charge in [0, 0.05) is 12.6 Å². The Balaban J connectivity index is 1.39. The largest absolute Gasteiger partial charge is 0.497 e. The highest BCUT2D eigenvalue weighted by atomic mass is 32.2. The van der Waals surface area contributed by atoms with Crippen LogP contribution in [0.15, 0.2) is 83.8 Å². The van der Waals surface area contributed by atoms with E-state index in [0.29, 0.717) is 6.04 Å². The fraction of sp³-hybridized carbons (Fsp3) is 0.345. The Morgan fingerprint density at radius 1 is 0.865 bits per heavy atom. The number of ether oxygens (including phenoxy) is 2. The van der Waals surface area contributed by atoms with E-state index in [1.54, 1.807) is 31.4 Å². The molecule has 3 aromatic carbocycles. The molecule has 4 rings (SSSR count). The van der Waals surface area contributed by atoms with Gasteiger partial charge in [0.25, 0.3) is 0 Å². The normalized spacial score (nSPS) is 18.6. The van der Waals surface area contributed by atoms with Crippen LogP contribution in [0.4, 0.5) is 0 Å². The van der Waals surface area contributed by atoms with Crippen molar-refractivity contribution in [2.75, 3.05) is 14.2 Å². The van der Waals surface area contributed by atoms with Crippen LogP contribution in [0.3, 0.4) is 0 Å². The molecule has 1 saturated carbocycles. The Labute approximate surface area is 219 Å². The number of sulfonamides is 1. The second-order valence-electron chi connectivity index (χ2n) is 9.35. The number of rotatable bonds is 10. The van der Waals surface area contributed by atoms with Crippen LogP contribution in [0.5, 0.6) is 5.75 Å². The second-order valence-corrected chi connectivity index (χ2v) is 11.1. The number of methoxy groups -OCH3 is 2. The summed E-state index contributed by atoms with van der Waals surface area (Å²) < 4.78 is 39.2. The molecule has 1 aliphatic rings. The number of nitrogens with one attached hydrogen (secondary N) is 2. The van der Waals surface area contributed by atoms with E-state index in [0.717, 1.165) is 49.1 Å². The van der Waals surface area contributed by atoms with Gasteiger partial charge in [0.2, 0.25) is 10.0 Å². The molecule has 0 bridgehead atoms. The molecule has 1 atom stereocenters. The highest BCUT2D eigenvalue weighted by Gasteiger charge is 2.36. The first-order valence-electron chi connectivity index (χ1n) is 12.5. The van der Waals surface area contributed by atoms with Crippen LogP contribution in [0.2, 0.25) is 0 Å². The summed E-state index contributed by atoms with van der Waals surface area (Å²) in [5, 5.41) is 3.58. The van der Waals surface area contributed by atoms with Gasteiger partial charge in [-0.2, -0.15) is 4.72 Å². The van der Waals surface area contributed by atoms with Crippen molar-refractivity contribution < 1.29 is 22.7 Å². The van der Waals surface area contributed by atoms with Gasteiger partial charge in [-0.3, -0.25) is 4.79 Å². The van der Waals surface area contributed by atoms with Crippen molar-refractivity contribution in [2.24, 2.45) is 5.92 Å². The topological polar surface area (TPSA) is 93.7 Å². The zero-order valence-corrected chi connectivity index (χ0v) is 22.0. The number of carbonyl (C=O) groups is 1. The highest BCUT2D eigenvalue weighted by molar-refractivity contribution is 7.89. The van der Waals surface area contributed by atoms with Gasteiger partial charge in [0.1, 0.15) is 11.8 Å². The Morgan fingerprint density at radius 2 is 1.46 bits per heavy atom. The molecule has 0 heterocycles. The molecule has 7 nitrogen and oxygen atoms in total. The first kappa shape index (κ1) is 26.9. The minimum absolute atomic E-state index is 0.108. The summed E-state index contributed by atoms with van der Waals surface area (Å²) in [7, 11) is -1.02. The van der Waals surface area contributed by atoms with E-state index in [9.17, 15) is 13.2 Å². The first-order valence-corrected chi connectivity index (χ1v) is 14.0. The van der Waals surface area contributed by atoms with Gasteiger partial charge in [-0.1, -0.05) is 54.6 Å². The summed E-state index contributed by atoms with van der Waals surface area (Å²) in [6.07, 6.45) is 3.18. The molecule has 3 aromatic rings. The zero-order chi connectivity index (χ0) is 26.3. The molecule has 0 aromatic heterocycles. The minimum atomic E-state index is -3.92. The van der Waals surface area contributed by atoms with Crippen molar-refractivity contribution in [3.8, 4) is 16.9 Å². The van der Waals surface area contributed by atoms with Gasteiger partial charge < -0.3 is 14.8 Å². The lowest BCUT2D eigenvalue weighted by Gasteiger charge is -2.33. The number of hydrogen-bond donors (Lipinski definition) is 2. The van der Waals surface area contributed by atoms with Crippen molar-refractivity contribution in [2.45, 2.75) is 49.2 Å². The molecular formula is C29H34N2O5S. The Kier molecular flexibility index (Phi) is 8.97. The van der Waals surface area contributed by atoms with Crippen molar-refractivity contribution in [1.82, 2.24) is 10.0 Å². The number of carbonyl (C=O) groups excluding carboxylic acids is 1. The molecule has 0 spiro atoms. The third-order valence-corrected chi connectivity index (χ3v) is 8.46. The van der Waals surface area contributed by atoms with Gasteiger partial charge >= 0.3 is 5.97 Å². The van der Waals surface area contributed by atoms with Crippen LogP contribution < -0.4 is 14.8 Å². The molecule has 2 N–H and O–H groups in total. The van der Waals surface area contributed by atoms with Crippen molar-refractivity contribution in [3.63, 3.8) is 0 Å². The van der Waals surface area contributed by atoms with E-state index < -0.39 is 22.0 Å². The van der Waals surface area contributed by atoms with Gasteiger partial charge in [0.15, 0.2) is 0 Å². The maximum atomic E-state index is 13.2. The van der Waals surface area contributed by atoms with Gasteiger partial charge in [-0.25, -0.2) is 8.42 Å². The lowest BCUT2D eigenvalue weighted by molar-refractivity contribution is -0.144. The lowest BCUT2D eigenvalue weighted by Crippen LogP contribution is -2.48. The molecule has 37 heavy (non-hydrogen) atoms. The predicted octanol–water partition coefficient (Wildman–Crippen LogP) is 4.53. The van der Waals surface area contributed by atoms with Crippen molar-refractivity contribution in [3.05, 3.63) is 84.4 Å². The van der Waals surface area contributed by atoms with E-state index in [1.807, 2.05) is 42.5 Å². The molecule has 0 radical (unpaired) electrons. The van der Waals surface area contributed by atoms with Crippen molar-refractivity contribution in [1.29, 1.82) is 0 Å². The van der Waals surface area contributed by atoms with Gasteiger partial charge in [0.05, 0.1) is 19.1 Å². The Bertz CT molecular complexity index is 1250. The van der Waals surface area contributed by atoms with Crippen LogP contribution >= 0.6 is 0 Å². The predicted molar refractivity (Wildman–Crippen MR) is 144 cm³/mol. The number of benzene rings is 3. The molecule has 1 fully saturated rings. The molecule has 0 aliphatic heterocycles. The Hall–Kier alpha value is -3.20. The second kappa shape index (κ2) is 12.4. The van der Waals surface area contributed by atoms with E-state index in [-0.39, 0.29) is 10.8 Å². The summed E-state index contributed by atoms with van der Waals surface area (Å²) in [6, 6.07) is 23.8. The molecule has 0 saturated heterocycles. The van der Waals surface area contributed by atoms with E-state index in [2.05, 4.69) is 22.2 Å². The average molecular weight is 523 g/mol. The Morgan fingerprint density at radius 3 is 2.03 bits per heavy atom. The fourth-order valence-electron chi connectivity index (χ4n) is 4.82. The van der Waals surface area contributed by atoms with Crippen LogP contribution in [-0.2, 0) is 26.1 Å². The monoisotopic (exact) mass is 522 g/mol. The van der Waals surface area contributed by atoms with Gasteiger partial charge in [-0.15, -0.1) is 0 Å². The highest BCUT2D eigenvalue weighted by Crippen LogP contribution is 2.29. The van der Waals surface area contributed by atoms with Gasteiger partial charge in [-0.05, 0) is 72.6 Å². The summed E-state index contributed by atoms with van der Waals surface area (Å²) in [5.74, 6) is 0.0664. The molecule has 1 aliphatic carbocycles. The maximum Gasteiger partial charge on any atom is 0.324 e. The van der Waals surface area contributed by atoms with E-state index in [4.69, 9.17) is 9.47 Å². The zero-order valence-electron chi connectivity index (χ0n) is 21.2. The lowest BCUT2D eigenvalue weighted by atomic mass is 9.81. The first-order chi connectivity index (χ1) is 17.9. The van der Waals surface area contributed by atoms with Crippen LogP contribution in [0, 0.1) is 5.92 Å². The quantitative estimate of drug-likeness (QED) is 0.380. The molecule has 8 heteroatoms. The smallest absolute Gasteiger partial charge is 0.324 e. The average Bonchev–Trinajstić information content (AvgIpc) is 2.95. The van der Waals surface area contributed by atoms with Crippen LogP contribution in [0.1, 0.15) is 31.2 Å². The summed E-state index contributed by atoms with van der Waals surface area (Å²) in [6.45, 7) is 0.787. The summed E-state index contributed by atoms with van der Waals surface area (Å²) in [4.78, 5) is 12.7. The minimum Gasteiger partial charge on any atom is -0.497 e. The number of hydrogen-bond acceptors (Lipinski definition) is 6.